The fourth-order valence-electron chi connectivity index (χ4n) is 2.37. The SMILES string of the molecule is CCCCOCCN1CCc2ccc(N)cc2C1. The van der Waals surface area contributed by atoms with Crippen molar-refractivity contribution in [2.24, 2.45) is 0 Å². The molecule has 3 heteroatoms. The number of unbranched alkanes of at least 4 members (excludes halogenated alkanes) is 1. The molecule has 2 rings (SSSR count). The minimum absolute atomic E-state index is 0.845. The molecule has 1 heterocycles. The van der Waals surface area contributed by atoms with Gasteiger partial charge in [0.15, 0.2) is 0 Å². The Morgan fingerprint density at radius 2 is 2.17 bits per heavy atom. The molecular formula is C15H24N2O. The van der Waals surface area contributed by atoms with Crippen LogP contribution in [0.4, 0.5) is 5.69 Å². The van der Waals surface area contributed by atoms with E-state index in [0.717, 1.165) is 45.0 Å². The molecular weight excluding hydrogens is 224 g/mol. The van der Waals surface area contributed by atoms with Gasteiger partial charge in [0.1, 0.15) is 0 Å². The maximum absolute atomic E-state index is 5.84. The molecule has 0 saturated carbocycles. The lowest BCUT2D eigenvalue weighted by Crippen LogP contribution is -2.33. The fraction of sp³-hybridized carbons (Fsp3) is 0.600. The molecule has 100 valence electrons. The van der Waals surface area contributed by atoms with Crippen LogP contribution in [0.3, 0.4) is 0 Å². The molecule has 0 radical (unpaired) electrons. The zero-order valence-corrected chi connectivity index (χ0v) is 11.3. The van der Waals surface area contributed by atoms with Gasteiger partial charge in [0.2, 0.25) is 0 Å². The summed E-state index contributed by atoms with van der Waals surface area (Å²) in [4.78, 5) is 2.45. The maximum Gasteiger partial charge on any atom is 0.0593 e. The monoisotopic (exact) mass is 248 g/mol. The van der Waals surface area contributed by atoms with Crippen molar-refractivity contribution < 1.29 is 4.74 Å². The van der Waals surface area contributed by atoms with E-state index in [0.29, 0.717) is 0 Å². The molecule has 2 N–H and O–H groups in total. The van der Waals surface area contributed by atoms with Crippen molar-refractivity contribution in [1.82, 2.24) is 4.90 Å². The highest BCUT2D eigenvalue weighted by Crippen LogP contribution is 2.20. The standard InChI is InChI=1S/C15H24N2O/c1-2-3-9-18-10-8-17-7-6-13-4-5-15(16)11-14(13)12-17/h4-5,11H,2-3,6-10,12,16H2,1H3. The molecule has 0 amide bonds. The van der Waals surface area contributed by atoms with Gasteiger partial charge in [0.25, 0.3) is 0 Å². The Bertz CT molecular complexity index is 379. The van der Waals surface area contributed by atoms with E-state index in [9.17, 15) is 0 Å². The van der Waals surface area contributed by atoms with Gasteiger partial charge < -0.3 is 10.5 Å². The van der Waals surface area contributed by atoms with Crippen molar-refractivity contribution in [3.8, 4) is 0 Å². The van der Waals surface area contributed by atoms with Crippen LogP contribution in [-0.4, -0.2) is 31.2 Å². The summed E-state index contributed by atoms with van der Waals surface area (Å²) in [5.74, 6) is 0. The van der Waals surface area contributed by atoms with E-state index < -0.39 is 0 Å². The number of hydrogen-bond donors (Lipinski definition) is 1. The van der Waals surface area contributed by atoms with Gasteiger partial charge in [-0.1, -0.05) is 19.4 Å². The first-order chi connectivity index (χ1) is 8.79. The zero-order valence-electron chi connectivity index (χ0n) is 11.3. The molecule has 0 bridgehead atoms. The van der Waals surface area contributed by atoms with Crippen LogP contribution in [0, 0.1) is 0 Å². The Morgan fingerprint density at radius 1 is 1.28 bits per heavy atom. The van der Waals surface area contributed by atoms with E-state index in [4.69, 9.17) is 10.5 Å². The Kier molecular flexibility index (Phi) is 5.02. The average Bonchev–Trinajstić information content (AvgIpc) is 2.38. The van der Waals surface area contributed by atoms with Crippen LogP contribution >= 0.6 is 0 Å². The summed E-state index contributed by atoms with van der Waals surface area (Å²) in [6.07, 6.45) is 3.50. The number of anilines is 1. The summed E-state index contributed by atoms with van der Waals surface area (Å²) >= 11 is 0. The van der Waals surface area contributed by atoms with Crippen molar-refractivity contribution in [1.29, 1.82) is 0 Å². The number of fused-ring (bicyclic) bond motifs is 1. The van der Waals surface area contributed by atoms with Gasteiger partial charge in [-0.15, -0.1) is 0 Å². The number of nitrogens with zero attached hydrogens (tertiary/aromatic N) is 1. The minimum Gasteiger partial charge on any atom is -0.399 e. The summed E-state index contributed by atoms with van der Waals surface area (Å²) < 4.78 is 5.62. The molecule has 0 atom stereocenters. The Labute approximate surface area is 110 Å². The molecule has 0 unspecified atom stereocenters. The molecule has 3 nitrogen and oxygen atoms in total. The van der Waals surface area contributed by atoms with Crippen LogP contribution in [0.5, 0.6) is 0 Å². The normalized spacial score (nSPS) is 15.6. The summed E-state index contributed by atoms with van der Waals surface area (Å²) in [6.45, 7) is 7.10. The van der Waals surface area contributed by atoms with E-state index in [-0.39, 0.29) is 0 Å². The second kappa shape index (κ2) is 6.76. The maximum atomic E-state index is 5.84. The first kappa shape index (κ1) is 13.4. The van der Waals surface area contributed by atoms with Crippen molar-refractivity contribution in [3.05, 3.63) is 29.3 Å². The lowest BCUT2D eigenvalue weighted by molar-refractivity contribution is 0.0972. The topological polar surface area (TPSA) is 38.5 Å². The Hall–Kier alpha value is -1.06. The molecule has 1 aromatic carbocycles. The summed E-state index contributed by atoms with van der Waals surface area (Å²) in [6, 6.07) is 6.28. The van der Waals surface area contributed by atoms with E-state index in [1.807, 2.05) is 6.07 Å². The van der Waals surface area contributed by atoms with E-state index in [2.05, 4.69) is 24.0 Å². The molecule has 0 spiro atoms. The van der Waals surface area contributed by atoms with Crippen LogP contribution < -0.4 is 5.73 Å². The molecule has 1 aliphatic heterocycles. The molecule has 1 aliphatic rings. The number of rotatable bonds is 6. The number of hydrogen-bond acceptors (Lipinski definition) is 3. The predicted octanol–water partition coefficient (Wildman–Crippen LogP) is 2.44. The third kappa shape index (κ3) is 3.72. The molecule has 0 aromatic heterocycles. The molecule has 0 aliphatic carbocycles. The van der Waals surface area contributed by atoms with Gasteiger partial charge in [0.05, 0.1) is 6.61 Å². The van der Waals surface area contributed by atoms with Gasteiger partial charge in [-0.3, -0.25) is 4.90 Å². The number of nitrogen functional groups attached to an aromatic ring is 1. The van der Waals surface area contributed by atoms with E-state index in [1.165, 1.54) is 24.0 Å². The summed E-state index contributed by atoms with van der Waals surface area (Å²) in [7, 11) is 0. The van der Waals surface area contributed by atoms with Crippen LogP contribution in [0.1, 0.15) is 30.9 Å². The number of ether oxygens (including phenoxy) is 1. The molecule has 0 fully saturated rings. The highest BCUT2D eigenvalue weighted by atomic mass is 16.5. The van der Waals surface area contributed by atoms with Crippen molar-refractivity contribution in [2.45, 2.75) is 32.7 Å². The summed E-state index contributed by atoms with van der Waals surface area (Å²) in [5, 5.41) is 0. The second-order valence-corrected chi connectivity index (χ2v) is 5.02. The molecule has 18 heavy (non-hydrogen) atoms. The van der Waals surface area contributed by atoms with Crippen LogP contribution in [0.25, 0.3) is 0 Å². The first-order valence-corrected chi connectivity index (χ1v) is 6.97. The van der Waals surface area contributed by atoms with Crippen LogP contribution in [0.2, 0.25) is 0 Å². The lowest BCUT2D eigenvalue weighted by atomic mass is 9.99. The smallest absolute Gasteiger partial charge is 0.0593 e. The van der Waals surface area contributed by atoms with Crippen molar-refractivity contribution in [2.75, 3.05) is 32.0 Å². The highest BCUT2D eigenvalue weighted by Gasteiger charge is 2.15. The lowest BCUT2D eigenvalue weighted by Gasteiger charge is -2.28. The number of nitrogens with two attached hydrogens (primary N) is 1. The predicted molar refractivity (Wildman–Crippen MR) is 75.6 cm³/mol. The van der Waals surface area contributed by atoms with Crippen LogP contribution in [0.15, 0.2) is 18.2 Å². The largest absolute Gasteiger partial charge is 0.399 e. The zero-order chi connectivity index (χ0) is 12.8. The quantitative estimate of drug-likeness (QED) is 0.621. The minimum atomic E-state index is 0.845. The Balaban J connectivity index is 1.77. The van der Waals surface area contributed by atoms with Gasteiger partial charge in [-0.2, -0.15) is 0 Å². The first-order valence-electron chi connectivity index (χ1n) is 6.97. The van der Waals surface area contributed by atoms with Crippen molar-refractivity contribution >= 4 is 5.69 Å². The third-order valence-corrected chi connectivity index (χ3v) is 3.52. The van der Waals surface area contributed by atoms with Gasteiger partial charge in [-0.05, 0) is 36.1 Å². The molecule has 1 aromatic rings. The number of benzene rings is 1. The Morgan fingerprint density at radius 3 is 3.00 bits per heavy atom. The van der Waals surface area contributed by atoms with Gasteiger partial charge in [-0.25, -0.2) is 0 Å². The van der Waals surface area contributed by atoms with Crippen molar-refractivity contribution in [3.63, 3.8) is 0 Å². The summed E-state index contributed by atoms with van der Waals surface area (Å²) in [5.41, 5.74) is 9.54. The van der Waals surface area contributed by atoms with Crippen LogP contribution in [-0.2, 0) is 17.7 Å². The average molecular weight is 248 g/mol. The van der Waals surface area contributed by atoms with Gasteiger partial charge >= 0.3 is 0 Å². The van der Waals surface area contributed by atoms with E-state index in [1.54, 1.807) is 0 Å². The third-order valence-electron chi connectivity index (χ3n) is 3.52. The fourth-order valence-corrected chi connectivity index (χ4v) is 2.37. The van der Waals surface area contributed by atoms with Gasteiger partial charge in [0, 0.05) is 31.9 Å². The van der Waals surface area contributed by atoms with E-state index >= 15 is 0 Å². The second-order valence-electron chi connectivity index (χ2n) is 5.02. The highest BCUT2D eigenvalue weighted by molar-refractivity contribution is 5.45. The molecule has 0 saturated heterocycles.